The molecule has 0 saturated carbocycles. The van der Waals surface area contributed by atoms with Gasteiger partial charge < -0.3 is 4.74 Å². The molecule has 0 fully saturated rings. The van der Waals surface area contributed by atoms with Gasteiger partial charge in [-0.15, -0.1) is 0 Å². The fraction of sp³-hybridized carbons (Fsp3) is 0.333. The first kappa shape index (κ1) is 12.9. The molecule has 0 aromatic carbocycles. The summed E-state index contributed by atoms with van der Waals surface area (Å²) in [4.78, 5) is 7.86. The van der Waals surface area contributed by atoms with Crippen LogP contribution in [0.15, 0.2) is 36.2 Å². The average Bonchev–Trinajstić information content (AvgIpc) is 2.28. The molecule has 0 N–H and O–H groups in total. The molecule has 0 saturated heterocycles. The predicted molar refractivity (Wildman–Crippen MR) is 65.3 cm³/mol. The van der Waals surface area contributed by atoms with Gasteiger partial charge in [-0.25, -0.2) is 9.97 Å². The number of allylic oxidation sites excluding steroid dienone is 2. The SMILES string of the molecule is C/C=C\C(=C/C)COCc1cc(Cl)ncn1. The van der Waals surface area contributed by atoms with Crippen LogP contribution in [0.3, 0.4) is 0 Å². The zero-order chi connectivity index (χ0) is 11.8. The van der Waals surface area contributed by atoms with Crippen molar-refractivity contribution in [2.45, 2.75) is 20.5 Å². The molecule has 0 aliphatic rings. The molecular weight excluding hydrogens is 224 g/mol. The van der Waals surface area contributed by atoms with Crippen molar-refractivity contribution in [2.24, 2.45) is 0 Å². The molecule has 0 amide bonds. The minimum absolute atomic E-state index is 0.438. The summed E-state index contributed by atoms with van der Waals surface area (Å²) in [7, 11) is 0. The summed E-state index contributed by atoms with van der Waals surface area (Å²) in [5.74, 6) is 0. The van der Waals surface area contributed by atoms with E-state index in [1.54, 1.807) is 6.07 Å². The maximum absolute atomic E-state index is 5.73. The van der Waals surface area contributed by atoms with Gasteiger partial charge in [0.1, 0.15) is 11.5 Å². The maximum Gasteiger partial charge on any atom is 0.132 e. The molecule has 0 spiro atoms. The topological polar surface area (TPSA) is 35.0 Å². The highest BCUT2D eigenvalue weighted by atomic mass is 35.5. The molecule has 0 bridgehead atoms. The summed E-state index contributed by atoms with van der Waals surface area (Å²) in [6.07, 6.45) is 7.46. The Hall–Kier alpha value is -1.19. The Bertz CT molecular complexity index is 388. The second kappa shape index (κ2) is 7.14. The minimum Gasteiger partial charge on any atom is -0.370 e. The summed E-state index contributed by atoms with van der Waals surface area (Å²) in [5, 5.41) is 0.438. The molecular formula is C12H15ClN2O. The first-order valence-electron chi connectivity index (χ1n) is 5.08. The van der Waals surface area contributed by atoms with Gasteiger partial charge in [-0.1, -0.05) is 29.8 Å². The van der Waals surface area contributed by atoms with Crippen molar-refractivity contribution in [3.8, 4) is 0 Å². The standard InChI is InChI=1S/C12H15ClN2O/c1-3-5-10(4-2)7-16-8-11-6-12(13)15-9-14-11/h3-6,9H,7-8H2,1-2H3/b5-3-,10-4+. The van der Waals surface area contributed by atoms with Crippen LogP contribution >= 0.6 is 11.6 Å². The molecule has 86 valence electrons. The smallest absolute Gasteiger partial charge is 0.132 e. The lowest BCUT2D eigenvalue weighted by atomic mass is 10.2. The van der Waals surface area contributed by atoms with E-state index < -0.39 is 0 Å². The van der Waals surface area contributed by atoms with Crippen LogP contribution in [0, 0.1) is 0 Å². The van der Waals surface area contributed by atoms with E-state index in [2.05, 4.69) is 9.97 Å². The molecule has 1 aromatic rings. The van der Waals surface area contributed by atoms with Gasteiger partial charge in [0.2, 0.25) is 0 Å². The highest BCUT2D eigenvalue weighted by Crippen LogP contribution is 2.06. The van der Waals surface area contributed by atoms with Gasteiger partial charge in [-0.2, -0.15) is 0 Å². The monoisotopic (exact) mass is 238 g/mol. The van der Waals surface area contributed by atoms with E-state index in [0.717, 1.165) is 11.3 Å². The molecule has 0 radical (unpaired) electrons. The van der Waals surface area contributed by atoms with E-state index in [4.69, 9.17) is 16.3 Å². The van der Waals surface area contributed by atoms with Crippen molar-refractivity contribution in [3.05, 3.63) is 47.0 Å². The van der Waals surface area contributed by atoms with Gasteiger partial charge in [0.25, 0.3) is 0 Å². The fourth-order valence-electron chi connectivity index (χ4n) is 1.16. The first-order valence-corrected chi connectivity index (χ1v) is 5.46. The number of rotatable bonds is 5. The Kier molecular flexibility index (Phi) is 5.75. The van der Waals surface area contributed by atoms with Crippen molar-refractivity contribution < 1.29 is 4.74 Å². The fourth-order valence-corrected chi connectivity index (χ4v) is 1.33. The van der Waals surface area contributed by atoms with Crippen molar-refractivity contribution in [3.63, 3.8) is 0 Å². The van der Waals surface area contributed by atoms with E-state index in [0.29, 0.717) is 18.4 Å². The van der Waals surface area contributed by atoms with Crippen molar-refractivity contribution in [1.82, 2.24) is 9.97 Å². The lowest BCUT2D eigenvalue weighted by Gasteiger charge is -2.04. The molecule has 1 rings (SSSR count). The van der Waals surface area contributed by atoms with Crippen LogP contribution in [0.4, 0.5) is 0 Å². The molecule has 4 heteroatoms. The predicted octanol–water partition coefficient (Wildman–Crippen LogP) is 3.17. The minimum atomic E-state index is 0.438. The third kappa shape index (κ3) is 4.55. The summed E-state index contributed by atoms with van der Waals surface area (Å²) in [6, 6.07) is 1.70. The van der Waals surface area contributed by atoms with Crippen molar-refractivity contribution in [2.75, 3.05) is 6.61 Å². The normalized spacial score (nSPS) is 12.3. The van der Waals surface area contributed by atoms with E-state index >= 15 is 0 Å². The zero-order valence-electron chi connectivity index (χ0n) is 9.48. The lowest BCUT2D eigenvalue weighted by molar-refractivity contribution is 0.141. The Balaban J connectivity index is 2.41. The number of nitrogens with zero attached hydrogens (tertiary/aromatic N) is 2. The Labute approximate surface area is 101 Å². The zero-order valence-corrected chi connectivity index (χ0v) is 10.2. The van der Waals surface area contributed by atoms with Gasteiger partial charge in [0.05, 0.1) is 18.9 Å². The molecule has 0 unspecified atom stereocenters. The second-order valence-corrected chi connectivity index (χ2v) is 3.58. The van der Waals surface area contributed by atoms with Crippen LogP contribution in [-0.2, 0) is 11.3 Å². The van der Waals surface area contributed by atoms with Gasteiger partial charge in [0, 0.05) is 0 Å². The first-order chi connectivity index (χ1) is 7.76. The molecule has 0 aliphatic carbocycles. The van der Waals surface area contributed by atoms with Gasteiger partial charge in [-0.05, 0) is 25.5 Å². The van der Waals surface area contributed by atoms with E-state index in [1.165, 1.54) is 6.33 Å². The summed E-state index contributed by atoms with van der Waals surface area (Å²) in [6.45, 7) is 4.98. The summed E-state index contributed by atoms with van der Waals surface area (Å²) >= 11 is 5.73. The van der Waals surface area contributed by atoms with Crippen LogP contribution in [-0.4, -0.2) is 16.6 Å². The highest BCUT2D eigenvalue weighted by molar-refractivity contribution is 6.29. The van der Waals surface area contributed by atoms with Crippen LogP contribution < -0.4 is 0 Å². The van der Waals surface area contributed by atoms with E-state index in [1.807, 2.05) is 32.1 Å². The maximum atomic E-state index is 5.73. The van der Waals surface area contributed by atoms with Crippen molar-refractivity contribution >= 4 is 11.6 Å². The average molecular weight is 239 g/mol. The Morgan fingerprint density at radius 2 is 2.25 bits per heavy atom. The van der Waals surface area contributed by atoms with E-state index in [9.17, 15) is 0 Å². The van der Waals surface area contributed by atoms with Gasteiger partial charge in [-0.3, -0.25) is 0 Å². The lowest BCUT2D eigenvalue weighted by Crippen LogP contribution is -1.99. The van der Waals surface area contributed by atoms with Crippen LogP contribution in [0.2, 0.25) is 5.15 Å². The van der Waals surface area contributed by atoms with Crippen LogP contribution in [0.25, 0.3) is 0 Å². The largest absolute Gasteiger partial charge is 0.370 e. The number of aromatic nitrogens is 2. The molecule has 0 aliphatic heterocycles. The third-order valence-corrected chi connectivity index (χ3v) is 2.17. The molecule has 3 nitrogen and oxygen atoms in total. The number of hydrogen-bond acceptors (Lipinski definition) is 3. The Morgan fingerprint density at radius 3 is 2.88 bits per heavy atom. The van der Waals surface area contributed by atoms with Gasteiger partial charge >= 0.3 is 0 Å². The highest BCUT2D eigenvalue weighted by Gasteiger charge is 1.97. The second-order valence-electron chi connectivity index (χ2n) is 3.19. The summed E-state index contributed by atoms with van der Waals surface area (Å²) in [5.41, 5.74) is 1.93. The third-order valence-electron chi connectivity index (χ3n) is 1.96. The molecule has 16 heavy (non-hydrogen) atoms. The number of hydrogen-bond donors (Lipinski definition) is 0. The van der Waals surface area contributed by atoms with Crippen LogP contribution in [0.1, 0.15) is 19.5 Å². The van der Waals surface area contributed by atoms with E-state index in [-0.39, 0.29) is 0 Å². The number of ether oxygens (including phenoxy) is 1. The van der Waals surface area contributed by atoms with Crippen LogP contribution in [0.5, 0.6) is 0 Å². The number of halogens is 1. The molecule has 1 aromatic heterocycles. The molecule has 1 heterocycles. The Morgan fingerprint density at radius 1 is 1.44 bits per heavy atom. The van der Waals surface area contributed by atoms with Gasteiger partial charge in [0.15, 0.2) is 0 Å². The van der Waals surface area contributed by atoms with Crippen molar-refractivity contribution in [1.29, 1.82) is 0 Å². The molecule has 0 atom stereocenters. The summed E-state index contributed by atoms with van der Waals surface area (Å²) < 4.78 is 5.51. The quantitative estimate of drug-likeness (QED) is 0.584.